The Balaban J connectivity index is 1.58. The van der Waals surface area contributed by atoms with E-state index >= 15 is 0 Å². The highest BCUT2D eigenvalue weighted by Gasteiger charge is 2.31. The van der Waals surface area contributed by atoms with E-state index < -0.39 is 27.9 Å². The van der Waals surface area contributed by atoms with Gasteiger partial charge in [-0.05, 0) is 44.9 Å². The van der Waals surface area contributed by atoms with Gasteiger partial charge >= 0.3 is 11.9 Å². The molecule has 180 valence electrons. The fourth-order valence-electron chi connectivity index (χ4n) is 4.09. The molecule has 0 amide bonds. The topological polar surface area (TPSA) is 103 Å². The predicted molar refractivity (Wildman–Crippen MR) is 127 cm³/mol. The summed E-state index contributed by atoms with van der Waals surface area (Å²) in [7, 11) is -3.26. The molecule has 1 aromatic heterocycles. The lowest BCUT2D eigenvalue weighted by Gasteiger charge is -2.29. The largest absolute Gasteiger partial charge is 0.462 e. The number of rotatable bonds is 7. The van der Waals surface area contributed by atoms with Crippen LogP contribution < -0.4 is 4.74 Å². The van der Waals surface area contributed by atoms with Crippen LogP contribution in [0.5, 0.6) is 5.75 Å². The molecule has 0 saturated carbocycles. The zero-order valence-electron chi connectivity index (χ0n) is 19.2. The first-order valence-electron chi connectivity index (χ1n) is 11.3. The average Bonchev–Trinajstić information content (AvgIpc) is 3.24. The summed E-state index contributed by atoms with van der Waals surface area (Å²) in [5.41, 5.74) is 1.48. The van der Waals surface area contributed by atoms with Crippen LogP contribution in [-0.4, -0.2) is 50.1 Å². The molecule has 0 spiro atoms. The number of nitrogens with zero attached hydrogens (tertiary/aromatic N) is 1. The third-order valence-corrected chi connectivity index (χ3v) is 7.82. The molecule has 1 saturated heterocycles. The third kappa shape index (κ3) is 4.85. The van der Waals surface area contributed by atoms with Crippen molar-refractivity contribution in [2.24, 2.45) is 5.92 Å². The molecule has 2 aromatic carbocycles. The van der Waals surface area contributed by atoms with E-state index in [2.05, 4.69) is 0 Å². The number of piperidine rings is 1. The Morgan fingerprint density at radius 3 is 2.41 bits per heavy atom. The molecular formula is C25H27NO7S. The molecular weight excluding hydrogens is 458 g/mol. The van der Waals surface area contributed by atoms with E-state index in [1.165, 1.54) is 4.31 Å². The van der Waals surface area contributed by atoms with Crippen LogP contribution in [0, 0.1) is 5.92 Å². The van der Waals surface area contributed by atoms with Gasteiger partial charge in [-0.15, -0.1) is 0 Å². The Labute approximate surface area is 198 Å². The Kier molecular flexibility index (Phi) is 7.04. The monoisotopic (exact) mass is 485 g/mol. The fourth-order valence-corrected chi connectivity index (χ4v) is 5.22. The Bertz CT molecular complexity index is 1290. The lowest BCUT2D eigenvalue weighted by atomic mass is 9.98. The summed E-state index contributed by atoms with van der Waals surface area (Å²) in [5.74, 6) is -0.618. The van der Waals surface area contributed by atoms with Crippen molar-refractivity contribution in [3.05, 3.63) is 54.1 Å². The quantitative estimate of drug-likeness (QED) is 0.364. The smallest absolute Gasteiger partial charge is 0.342 e. The van der Waals surface area contributed by atoms with Crippen LogP contribution in [0.4, 0.5) is 0 Å². The molecule has 0 unspecified atom stereocenters. The lowest BCUT2D eigenvalue weighted by molar-refractivity contribution is -0.140. The van der Waals surface area contributed by atoms with Gasteiger partial charge in [0.25, 0.3) is 0 Å². The minimum absolute atomic E-state index is 0.0423. The second-order valence-electron chi connectivity index (χ2n) is 8.05. The van der Waals surface area contributed by atoms with Crippen LogP contribution in [0.25, 0.3) is 22.3 Å². The van der Waals surface area contributed by atoms with Gasteiger partial charge in [-0.1, -0.05) is 30.3 Å². The Morgan fingerprint density at radius 2 is 1.76 bits per heavy atom. The summed E-state index contributed by atoms with van der Waals surface area (Å²) >= 11 is 0. The van der Waals surface area contributed by atoms with E-state index in [-0.39, 0.29) is 23.7 Å². The molecule has 8 nitrogen and oxygen atoms in total. The van der Waals surface area contributed by atoms with Gasteiger partial charge in [0.2, 0.25) is 10.0 Å². The van der Waals surface area contributed by atoms with Gasteiger partial charge in [-0.3, -0.25) is 4.79 Å². The molecule has 0 aliphatic carbocycles. The number of esters is 2. The molecule has 0 radical (unpaired) electrons. The minimum atomic E-state index is -3.26. The number of furan rings is 1. The van der Waals surface area contributed by atoms with Gasteiger partial charge < -0.3 is 13.9 Å². The maximum absolute atomic E-state index is 12.8. The first kappa shape index (κ1) is 24.0. The third-order valence-electron chi connectivity index (χ3n) is 5.94. The molecule has 3 aromatic rings. The molecule has 0 bridgehead atoms. The summed E-state index contributed by atoms with van der Waals surface area (Å²) in [5, 5.41) is 0.492. The number of fused-ring (bicyclic) bond motifs is 1. The molecule has 34 heavy (non-hydrogen) atoms. The second kappa shape index (κ2) is 9.99. The van der Waals surface area contributed by atoms with Crippen molar-refractivity contribution in [1.82, 2.24) is 4.31 Å². The van der Waals surface area contributed by atoms with Crippen LogP contribution in [0.1, 0.15) is 37.0 Å². The number of hydrogen-bond donors (Lipinski definition) is 0. The number of carbonyl (C=O) groups excluding carboxylic acids is 2. The van der Waals surface area contributed by atoms with Crippen molar-refractivity contribution in [2.45, 2.75) is 26.7 Å². The zero-order chi connectivity index (χ0) is 24.3. The van der Waals surface area contributed by atoms with Crippen LogP contribution in [0.2, 0.25) is 0 Å². The molecule has 9 heteroatoms. The van der Waals surface area contributed by atoms with E-state index in [0.29, 0.717) is 42.7 Å². The van der Waals surface area contributed by atoms with E-state index in [4.69, 9.17) is 13.9 Å². The molecule has 2 heterocycles. The molecule has 1 aliphatic rings. The maximum atomic E-state index is 12.8. The first-order valence-corrected chi connectivity index (χ1v) is 12.9. The van der Waals surface area contributed by atoms with E-state index in [0.717, 1.165) is 5.56 Å². The maximum Gasteiger partial charge on any atom is 0.342 e. The van der Waals surface area contributed by atoms with Crippen molar-refractivity contribution in [3.63, 3.8) is 0 Å². The lowest BCUT2D eigenvalue weighted by Crippen LogP contribution is -2.41. The van der Waals surface area contributed by atoms with Gasteiger partial charge in [-0.2, -0.15) is 0 Å². The summed E-state index contributed by atoms with van der Waals surface area (Å²) in [6.07, 6.45) is 0.802. The Hall–Kier alpha value is -3.17. The van der Waals surface area contributed by atoms with Gasteiger partial charge in [0.1, 0.15) is 22.7 Å². The molecule has 0 N–H and O–H groups in total. The summed E-state index contributed by atoms with van der Waals surface area (Å²) in [6, 6.07) is 14.1. The zero-order valence-corrected chi connectivity index (χ0v) is 20.0. The number of carbonyl (C=O) groups is 2. The van der Waals surface area contributed by atoms with Gasteiger partial charge in [0.05, 0.1) is 18.3 Å². The number of benzene rings is 2. The highest BCUT2D eigenvalue weighted by Crippen LogP contribution is 2.36. The number of ether oxygens (including phenoxy) is 2. The SMILES string of the molecule is CCOC(=O)c1c(-c2ccccc2)oc2ccc(OC(=O)C3CCN(S(=O)(=O)CC)CC3)cc12. The van der Waals surface area contributed by atoms with Crippen molar-refractivity contribution in [3.8, 4) is 17.1 Å². The van der Waals surface area contributed by atoms with Crippen molar-refractivity contribution >= 4 is 32.9 Å². The summed E-state index contributed by atoms with van der Waals surface area (Å²) in [4.78, 5) is 25.6. The van der Waals surface area contributed by atoms with Crippen molar-refractivity contribution < 1.29 is 31.9 Å². The first-order chi connectivity index (χ1) is 16.3. The minimum Gasteiger partial charge on any atom is -0.462 e. The van der Waals surface area contributed by atoms with E-state index in [1.807, 2.05) is 30.3 Å². The number of hydrogen-bond acceptors (Lipinski definition) is 7. The molecule has 1 aliphatic heterocycles. The van der Waals surface area contributed by atoms with Crippen LogP contribution in [0.3, 0.4) is 0 Å². The van der Waals surface area contributed by atoms with Gasteiger partial charge in [0.15, 0.2) is 0 Å². The van der Waals surface area contributed by atoms with Crippen molar-refractivity contribution in [1.29, 1.82) is 0 Å². The number of sulfonamides is 1. The average molecular weight is 486 g/mol. The highest BCUT2D eigenvalue weighted by atomic mass is 32.2. The molecule has 1 fully saturated rings. The van der Waals surface area contributed by atoms with Crippen LogP contribution >= 0.6 is 0 Å². The second-order valence-corrected chi connectivity index (χ2v) is 10.3. The fraction of sp³-hybridized carbons (Fsp3) is 0.360. The van der Waals surface area contributed by atoms with E-state index in [9.17, 15) is 18.0 Å². The summed E-state index contributed by atoms with van der Waals surface area (Å²) in [6.45, 7) is 4.14. The Morgan fingerprint density at radius 1 is 1.06 bits per heavy atom. The van der Waals surface area contributed by atoms with E-state index in [1.54, 1.807) is 32.0 Å². The summed E-state index contributed by atoms with van der Waals surface area (Å²) < 4.78 is 42.4. The van der Waals surface area contributed by atoms with Crippen LogP contribution in [-0.2, 0) is 19.6 Å². The van der Waals surface area contributed by atoms with Gasteiger partial charge in [-0.25, -0.2) is 17.5 Å². The van der Waals surface area contributed by atoms with Gasteiger partial charge in [0, 0.05) is 24.0 Å². The highest BCUT2D eigenvalue weighted by molar-refractivity contribution is 7.89. The molecule has 0 atom stereocenters. The predicted octanol–water partition coefficient (Wildman–Crippen LogP) is 4.24. The van der Waals surface area contributed by atoms with Crippen molar-refractivity contribution in [2.75, 3.05) is 25.4 Å². The van der Waals surface area contributed by atoms with Crippen LogP contribution in [0.15, 0.2) is 52.9 Å². The standard InChI is InChI=1S/C25H27NO7S/c1-3-31-25(28)22-20-16-19(10-11-21(20)33-23(22)17-8-6-5-7-9-17)32-24(27)18-12-14-26(15-13-18)34(29,30)4-2/h5-11,16,18H,3-4,12-15H2,1-2H3. The normalized spacial score (nSPS) is 15.4. The molecule has 4 rings (SSSR count).